The Balaban J connectivity index is 1.94. The number of carbonyl (C=O) groups excluding carboxylic acids is 2. The Kier molecular flexibility index (Phi) is 3.16. The summed E-state index contributed by atoms with van der Waals surface area (Å²) in [5, 5.41) is 3.57. The molecule has 1 heterocycles. The second kappa shape index (κ2) is 4.58. The number of imide groups is 1. The van der Waals surface area contributed by atoms with E-state index in [-0.39, 0.29) is 11.8 Å². The number of nitrogens with one attached hydrogen (secondary N) is 1. The van der Waals surface area contributed by atoms with Gasteiger partial charge in [0.05, 0.1) is 11.1 Å². The molecule has 4 nitrogen and oxygen atoms in total. The van der Waals surface area contributed by atoms with Crippen LogP contribution < -0.4 is 5.32 Å². The maximum absolute atomic E-state index is 12.6. The fourth-order valence-electron chi connectivity index (χ4n) is 4.29. The molecule has 106 valence electrons. The molecule has 3 rings (SSSR count). The second-order valence-corrected chi connectivity index (χ2v) is 6.58. The van der Waals surface area contributed by atoms with E-state index in [9.17, 15) is 9.59 Å². The highest BCUT2D eigenvalue weighted by Gasteiger charge is 2.56. The lowest BCUT2D eigenvalue weighted by Crippen LogP contribution is -2.76. The Bertz CT molecular complexity index is 357. The first-order valence-electron chi connectivity index (χ1n) is 7.72. The highest BCUT2D eigenvalue weighted by molar-refractivity contribution is 6.06. The monoisotopic (exact) mass is 264 g/mol. The van der Waals surface area contributed by atoms with Gasteiger partial charge in [0.1, 0.15) is 0 Å². The van der Waals surface area contributed by atoms with Crippen molar-refractivity contribution in [1.82, 2.24) is 10.2 Å². The third-order valence-electron chi connectivity index (χ3n) is 5.32. The molecule has 1 aliphatic heterocycles. The Morgan fingerprint density at radius 3 is 1.53 bits per heavy atom. The minimum Gasteiger partial charge on any atom is -0.290 e. The molecule has 2 amide bonds. The van der Waals surface area contributed by atoms with Gasteiger partial charge in [0.2, 0.25) is 11.8 Å². The summed E-state index contributed by atoms with van der Waals surface area (Å²) in [5.74, 6) is 0.0156. The normalized spacial score (nSPS) is 30.1. The molecule has 2 spiro atoms. The molecule has 0 atom stereocenters. The highest BCUT2D eigenvalue weighted by Crippen LogP contribution is 2.40. The van der Waals surface area contributed by atoms with Gasteiger partial charge in [-0.25, -0.2) is 0 Å². The fraction of sp³-hybridized carbons (Fsp3) is 0.867. The molecular formula is C15H24N2O2. The number of rotatable bonds is 0. The number of hydrogen-bond acceptors (Lipinski definition) is 3. The molecule has 2 aliphatic carbocycles. The van der Waals surface area contributed by atoms with Crippen molar-refractivity contribution in [2.75, 3.05) is 7.05 Å². The number of amides is 2. The molecule has 0 aromatic heterocycles. The molecule has 1 saturated heterocycles. The minimum absolute atomic E-state index is 0.00778. The molecule has 1 N–H and O–H groups in total. The second-order valence-electron chi connectivity index (χ2n) is 6.58. The van der Waals surface area contributed by atoms with Crippen LogP contribution in [-0.2, 0) is 9.59 Å². The summed E-state index contributed by atoms with van der Waals surface area (Å²) in [7, 11) is 1.68. The van der Waals surface area contributed by atoms with Crippen molar-refractivity contribution in [3.05, 3.63) is 0 Å². The summed E-state index contributed by atoms with van der Waals surface area (Å²) in [5.41, 5.74) is -0.892. The first-order chi connectivity index (χ1) is 9.10. The van der Waals surface area contributed by atoms with Crippen molar-refractivity contribution in [3.63, 3.8) is 0 Å². The van der Waals surface area contributed by atoms with Crippen molar-refractivity contribution >= 4 is 11.8 Å². The van der Waals surface area contributed by atoms with E-state index < -0.39 is 11.1 Å². The van der Waals surface area contributed by atoms with Crippen LogP contribution in [-0.4, -0.2) is 34.8 Å². The molecular weight excluding hydrogens is 240 g/mol. The maximum atomic E-state index is 12.6. The third-order valence-corrected chi connectivity index (χ3v) is 5.32. The first-order valence-corrected chi connectivity index (χ1v) is 7.72. The van der Waals surface area contributed by atoms with Gasteiger partial charge >= 0.3 is 0 Å². The van der Waals surface area contributed by atoms with Gasteiger partial charge in [-0.1, -0.05) is 38.5 Å². The molecule has 19 heavy (non-hydrogen) atoms. The molecule has 3 fully saturated rings. The summed E-state index contributed by atoms with van der Waals surface area (Å²) < 4.78 is 0. The van der Waals surface area contributed by atoms with E-state index in [0.29, 0.717) is 0 Å². The van der Waals surface area contributed by atoms with E-state index in [2.05, 4.69) is 5.32 Å². The lowest BCUT2D eigenvalue weighted by Gasteiger charge is -2.52. The molecule has 4 heteroatoms. The van der Waals surface area contributed by atoms with E-state index in [0.717, 1.165) is 51.4 Å². The minimum atomic E-state index is -0.446. The summed E-state index contributed by atoms with van der Waals surface area (Å²) in [6, 6.07) is 0. The maximum Gasteiger partial charge on any atom is 0.249 e. The molecule has 0 radical (unpaired) electrons. The van der Waals surface area contributed by atoms with E-state index in [1.54, 1.807) is 7.05 Å². The standard InChI is InChI=1S/C15H24N2O2/c1-17-12(18)14(8-4-2-5-9-14)16-15(13(17)19)10-6-3-7-11-15/h16H,2-11H2,1H3. The van der Waals surface area contributed by atoms with Gasteiger partial charge in [-0.05, 0) is 25.7 Å². The van der Waals surface area contributed by atoms with Gasteiger partial charge in [0.25, 0.3) is 0 Å². The summed E-state index contributed by atoms with van der Waals surface area (Å²) in [6.07, 6.45) is 10.4. The summed E-state index contributed by atoms with van der Waals surface area (Å²) >= 11 is 0. The molecule has 0 unspecified atom stereocenters. The molecule has 0 bridgehead atoms. The molecule has 0 aromatic carbocycles. The molecule has 3 aliphatic rings. The van der Waals surface area contributed by atoms with E-state index >= 15 is 0 Å². The quantitative estimate of drug-likeness (QED) is 0.681. The largest absolute Gasteiger partial charge is 0.290 e. The predicted molar refractivity (Wildman–Crippen MR) is 72.5 cm³/mol. The number of carbonyl (C=O) groups is 2. The SMILES string of the molecule is CN1C(=O)C2(CCCCC2)NC2(CCCCC2)C1=O. The zero-order valence-corrected chi connectivity index (χ0v) is 11.8. The van der Waals surface area contributed by atoms with Crippen LogP contribution in [0.25, 0.3) is 0 Å². The van der Waals surface area contributed by atoms with Crippen LogP contribution in [0.3, 0.4) is 0 Å². The lowest BCUT2D eigenvalue weighted by molar-refractivity contribution is -0.162. The van der Waals surface area contributed by atoms with Crippen LogP contribution in [0.1, 0.15) is 64.2 Å². The Morgan fingerprint density at radius 2 is 1.16 bits per heavy atom. The summed E-state index contributed by atoms with van der Waals surface area (Å²) in [4.78, 5) is 26.6. The van der Waals surface area contributed by atoms with Crippen molar-refractivity contribution in [1.29, 1.82) is 0 Å². The van der Waals surface area contributed by atoms with Gasteiger partial charge in [-0.2, -0.15) is 0 Å². The molecule has 0 aromatic rings. The van der Waals surface area contributed by atoms with Gasteiger partial charge < -0.3 is 0 Å². The van der Waals surface area contributed by atoms with E-state index in [1.807, 2.05) is 0 Å². The van der Waals surface area contributed by atoms with Crippen molar-refractivity contribution < 1.29 is 9.59 Å². The van der Waals surface area contributed by atoms with Crippen LogP contribution in [0, 0.1) is 0 Å². The smallest absolute Gasteiger partial charge is 0.249 e. The Labute approximate surface area is 114 Å². The average molecular weight is 264 g/mol. The van der Waals surface area contributed by atoms with Crippen LogP contribution in [0.2, 0.25) is 0 Å². The Morgan fingerprint density at radius 1 is 0.789 bits per heavy atom. The van der Waals surface area contributed by atoms with Crippen molar-refractivity contribution in [3.8, 4) is 0 Å². The highest BCUT2D eigenvalue weighted by atomic mass is 16.2. The first kappa shape index (κ1) is 13.1. The fourth-order valence-corrected chi connectivity index (χ4v) is 4.29. The summed E-state index contributed by atoms with van der Waals surface area (Å²) in [6.45, 7) is 0. The lowest BCUT2D eigenvalue weighted by atomic mass is 9.71. The van der Waals surface area contributed by atoms with E-state index in [4.69, 9.17) is 0 Å². The van der Waals surface area contributed by atoms with Gasteiger partial charge in [-0.3, -0.25) is 19.8 Å². The topological polar surface area (TPSA) is 49.4 Å². The van der Waals surface area contributed by atoms with Crippen LogP contribution in [0.4, 0.5) is 0 Å². The van der Waals surface area contributed by atoms with Crippen molar-refractivity contribution in [2.45, 2.75) is 75.3 Å². The number of piperazine rings is 1. The van der Waals surface area contributed by atoms with E-state index in [1.165, 1.54) is 17.7 Å². The zero-order valence-electron chi connectivity index (χ0n) is 11.8. The number of likely N-dealkylation sites (N-methyl/N-ethyl adjacent to an activating group) is 1. The Hall–Kier alpha value is -0.900. The average Bonchev–Trinajstić information content (AvgIpc) is 2.45. The van der Waals surface area contributed by atoms with Crippen LogP contribution in [0.15, 0.2) is 0 Å². The number of hydrogen-bond donors (Lipinski definition) is 1. The molecule has 2 saturated carbocycles. The van der Waals surface area contributed by atoms with Crippen LogP contribution >= 0.6 is 0 Å². The third kappa shape index (κ3) is 1.92. The van der Waals surface area contributed by atoms with Gasteiger partial charge in [0, 0.05) is 7.05 Å². The van der Waals surface area contributed by atoms with Crippen LogP contribution in [0.5, 0.6) is 0 Å². The van der Waals surface area contributed by atoms with Gasteiger partial charge in [-0.15, -0.1) is 0 Å². The van der Waals surface area contributed by atoms with Gasteiger partial charge in [0.15, 0.2) is 0 Å². The predicted octanol–water partition coefficient (Wildman–Crippen LogP) is 1.98. The number of nitrogens with zero attached hydrogens (tertiary/aromatic N) is 1. The zero-order chi connectivity index (χ0) is 13.5. The van der Waals surface area contributed by atoms with Crippen molar-refractivity contribution in [2.24, 2.45) is 0 Å².